The molecule has 4 heterocycles. The first-order valence-electron chi connectivity index (χ1n) is 7.54. The second kappa shape index (κ2) is 5.38. The summed E-state index contributed by atoms with van der Waals surface area (Å²) in [7, 11) is 0. The van der Waals surface area contributed by atoms with Gasteiger partial charge in [-0.15, -0.1) is 0 Å². The molecule has 1 aliphatic carbocycles. The van der Waals surface area contributed by atoms with Gasteiger partial charge in [0.05, 0.1) is 24.3 Å². The van der Waals surface area contributed by atoms with Crippen LogP contribution in [0.5, 0.6) is 0 Å². The lowest BCUT2D eigenvalue weighted by molar-refractivity contribution is 0.111. The zero-order valence-electron chi connectivity index (χ0n) is 12.2. The summed E-state index contributed by atoms with van der Waals surface area (Å²) in [6.07, 6.45) is 9.84. The number of piperidine rings is 1. The van der Waals surface area contributed by atoms with Gasteiger partial charge in [-0.1, -0.05) is 6.07 Å². The van der Waals surface area contributed by atoms with Crippen LogP contribution in [0, 0.1) is 5.92 Å². The van der Waals surface area contributed by atoms with Crippen molar-refractivity contribution in [3.8, 4) is 11.4 Å². The highest BCUT2D eigenvalue weighted by Gasteiger charge is 2.37. The number of nitrogen functional groups attached to an aromatic ring is 1. The maximum atomic E-state index is 5.61. The molecule has 1 saturated carbocycles. The molecule has 1 aliphatic heterocycles. The van der Waals surface area contributed by atoms with Crippen molar-refractivity contribution in [3.05, 3.63) is 43.0 Å². The van der Waals surface area contributed by atoms with E-state index >= 15 is 0 Å². The molecule has 22 heavy (non-hydrogen) atoms. The molecule has 2 atom stereocenters. The van der Waals surface area contributed by atoms with Crippen molar-refractivity contribution in [1.82, 2.24) is 24.7 Å². The maximum absolute atomic E-state index is 5.61. The number of nitrogens with two attached hydrogens (primary N) is 1. The number of rotatable bonds is 1. The lowest BCUT2D eigenvalue weighted by Crippen LogP contribution is -2.59. The van der Waals surface area contributed by atoms with Gasteiger partial charge in [-0.05, 0) is 37.4 Å². The van der Waals surface area contributed by atoms with Gasteiger partial charge in [-0.2, -0.15) is 0 Å². The Morgan fingerprint density at radius 2 is 2.09 bits per heavy atom. The lowest BCUT2D eigenvalue weighted by atomic mass is 9.74. The second-order valence-electron chi connectivity index (χ2n) is 5.75. The topological polar surface area (TPSA) is 81.1 Å². The van der Waals surface area contributed by atoms with Crippen LogP contribution in [0.25, 0.3) is 17.0 Å². The van der Waals surface area contributed by atoms with Crippen LogP contribution in [0.2, 0.25) is 0 Å². The molecule has 0 aromatic carbocycles. The zero-order valence-corrected chi connectivity index (χ0v) is 12.2. The van der Waals surface area contributed by atoms with E-state index in [1.807, 2.05) is 28.8 Å². The van der Waals surface area contributed by atoms with Gasteiger partial charge in [0.2, 0.25) is 0 Å². The van der Waals surface area contributed by atoms with Crippen LogP contribution >= 0.6 is 0 Å². The Kier molecular flexibility index (Phi) is 3.23. The summed E-state index contributed by atoms with van der Waals surface area (Å²) in [4.78, 5) is 12.5. The first kappa shape index (κ1) is 13.2. The molecule has 2 fully saturated rings. The molecule has 0 bridgehead atoms. The molecule has 112 valence electrons. The van der Waals surface area contributed by atoms with Crippen LogP contribution in [0.4, 0.5) is 5.82 Å². The molecule has 0 radical (unpaired) electrons. The normalized spacial score (nSPS) is 22.0. The highest BCUT2D eigenvalue weighted by atomic mass is 15.0. The van der Waals surface area contributed by atoms with Crippen LogP contribution < -0.4 is 11.1 Å². The quantitative estimate of drug-likeness (QED) is 0.714. The smallest absolute Gasteiger partial charge is 0.142 e. The number of fused-ring (bicyclic) bond motifs is 2. The largest absolute Gasteiger partial charge is 0.382 e. The number of pyridine rings is 1. The maximum Gasteiger partial charge on any atom is 0.142 e. The Labute approximate surface area is 128 Å². The standard InChI is InChI=1S/C11H9N5.C5H9N/c12-10-7-13-5-8(15-10)9-6-14-11-3-1-2-4-16(9)11;1-2-5-4(1)3-6-5/h1-7H,(H2,12,15);4-6H,1-3H2. The molecule has 1 saturated heterocycles. The van der Waals surface area contributed by atoms with E-state index in [0.717, 1.165) is 29.0 Å². The van der Waals surface area contributed by atoms with Crippen molar-refractivity contribution in [2.45, 2.75) is 18.9 Å². The average Bonchev–Trinajstić information content (AvgIpc) is 2.95. The third-order valence-corrected chi connectivity index (χ3v) is 4.39. The van der Waals surface area contributed by atoms with Gasteiger partial charge in [-0.3, -0.25) is 9.38 Å². The fourth-order valence-corrected chi connectivity index (χ4v) is 2.85. The number of aromatic nitrogens is 4. The van der Waals surface area contributed by atoms with Gasteiger partial charge < -0.3 is 11.1 Å². The van der Waals surface area contributed by atoms with Crippen LogP contribution in [-0.4, -0.2) is 31.9 Å². The summed E-state index contributed by atoms with van der Waals surface area (Å²) in [5.41, 5.74) is 8.09. The molecule has 6 heteroatoms. The van der Waals surface area contributed by atoms with Crippen LogP contribution in [-0.2, 0) is 0 Å². The van der Waals surface area contributed by atoms with Crippen molar-refractivity contribution >= 4 is 11.5 Å². The minimum absolute atomic E-state index is 0.406. The van der Waals surface area contributed by atoms with Gasteiger partial charge in [0, 0.05) is 12.2 Å². The molecule has 5 rings (SSSR count). The van der Waals surface area contributed by atoms with Gasteiger partial charge in [0.15, 0.2) is 0 Å². The number of nitrogens with zero attached hydrogens (tertiary/aromatic N) is 4. The predicted octanol–water partition coefficient (Wildman–Crippen LogP) is 1.74. The number of imidazole rings is 1. The van der Waals surface area contributed by atoms with E-state index in [4.69, 9.17) is 5.73 Å². The molecule has 3 N–H and O–H groups in total. The van der Waals surface area contributed by atoms with E-state index in [0.29, 0.717) is 5.82 Å². The van der Waals surface area contributed by atoms with E-state index in [9.17, 15) is 0 Å². The van der Waals surface area contributed by atoms with Crippen molar-refractivity contribution in [2.24, 2.45) is 5.92 Å². The van der Waals surface area contributed by atoms with Crippen molar-refractivity contribution in [2.75, 3.05) is 12.3 Å². The van der Waals surface area contributed by atoms with Gasteiger partial charge >= 0.3 is 0 Å². The highest BCUT2D eigenvalue weighted by Crippen LogP contribution is 2.32. The molecule has 3 aromatic heterocycles. The molecular formula is C16H18N6. The van der Waals surface area contributed by atoms with E-state index in [-0.39, 0.29) is 0 Å². The highest BCUT2D eigenvalue weighted by molar-refractivity contribution is 5.60. The van der Waals surface area contributed by atoms with E-state index in [2.05, 4.69) is 20.3 Å². The van der Waals surface area contributed by atoms with Crippen LogP contribution in [0.1, 0.15) is 12.8 Å². The Hall–Kier alpha value is -2.47. The zero-order chi connectivity index (χ0) is 14.9. The predicted molar refractivity (Wildman–Crippen MR) is 85.1 cm³/mol. The first-order valence-corrected chi connectivity index (χ1v) is 7.54. The van der Waals surface area contributed by atoms with Gasteiger partial charge in [0.25, 0.3) is 0 Å². The lowest BCUT2D eigenvalue weighted by Gasteiger charge is -2.47. The Balaban J connectivity index is 0.000000172. The first-order chi connectivity index (χ1) is 10.8. The average molecular weight is 294 g/mol. The molecule has 3 aromatic rings. The summed E-state index contributed by atoms with van der Waals surface area (Å²) in [6.45, 7) is 1.31. The molecule has 0 amide bonds. The summed E-state index contributed by atoms with van der Waals surface area (Å²) in [6, 6.07) is 6.78. The van der Waals surface area contributed by atoms with Gasteiger partial charge in [0.1, 0.15) is 17.2 Å². The molecular weight excluding hydrogens is 276 g/mol. The SMILES string of the molecule is C1CC2NCC12.Nc1cncc(-c2cnc3ccccn23)n1. The number of nitrogens with one attached hydrogen (secondary N) is 1. The summed E-state index contributed by atoms with van der Waals surface area (Å²) < 4.78 is 1.95. The van der Waals surface area contributed by atoms with E-state index in [1.165, 1.54) is 25.6 Å². The summed E-state index contributed by atoms with van der Waals surface area (Å²) in [5, 5.41) is 3.34. The van der Waals surface area contributed by atoms with Crippen LogP contribution in [0.15, 0.2) is 43.0 Å². The molecule has 2 unspecified atom stereocenters. The molecule has 0 spiro atoms. The Bertz CT molecular complexity index is 778. The fourth-order valence-electron chi connectivity index (χ4n) is 2.85. The van der Waals surface area contributed by atoms with Crippen molar-refractivity contribution in [3.63, 3.8) is 0 Å². The van der Waals surface area contributed by atoms with Crippen molar-refractivity contribution < 1.29 is 0 Å². The van der Waals surface area contributed by atoms with Crippen LogP contribution in [0.3, 0.4) is 0 Å². The van der Waals surface area contributed by atoms with E-state index in [1.54, 1.807) is 12.4 Å². The molecule has 2 aliphatic rings. The Morgan fingerprint density at radius 3 is 2.73 bits per heavy atom. The number of hydrogen-bond donors (Lipinski definition) is 2. The minimum Gasteiger partial charge on any atom is -0.382 e. The minimum atomic E-state index is 0.406. The second-order valence-corrected chi connectivity index (χ2v) is 5.75. The number of anilines is 1. The fraction of sp³-hybridized carbons (Fsp3) is 0.312. The number of hydrogen-bond acceptors (Lipinski definition) is 5. The third kappa shape index (κ3) is 2.31. The Morgan fingerprint density at radius 1 is 1.18 bits per heavy atom. The van der Waals surface area contributed by atoms with Gasteiger partial charge in [-0.25, -0.2) is 9.97 Å². The van der Waals surface area contributed by atoms with Crippen molar-refractivity contribution in [1.29, 1.82) is 0 Å². The third-order valence-electron chi connectivity index (χ3n) is 4.39. The molecule has 6 nitrogen and oxygen atoms in total. The summed E-state index contributed by atoms with van der Waals surface area (Å²) in [5.74, 6) is 1.51. The monoisotopic (exact) mass is 294 g/mol. The summed E-state index contributed by atoms with van der Waals surface area (Å²) >= 11 is 0. The van der Waals surface area contributed by atoms with E-state index < -0.39 is 0 Å².